The Labute approximate surface area is 227 Å². The largest absolute Gasteiger partial charge is 0.352 e. The molecule has 4 nitrogen and oxygen atoms in total. The molecule has 1 saturated carbocycles. The molecule has 1 aromatic heterocycles. The second kappa shape index (κ2) is 15.2. The maximum atomic E-state index is 14.1. The molecule has 0 radical (unpaired) electrons. The summed E-state index contributed by atoms with van der Waals surface area (Å²) in [6.07, 6.45) is 10.4. The Kier molecular flexibility index (Phi) is 12.4. The number of hydrogen-bond acceptors (Lipinski definition) is 3. The quantitative estimate of drug-likeness (QED) is 0.231. The lowest BCUT2D eigenvalue weighted by Gasteiger charge is -2.17. The average molecular weight is 523 g/mol. The Morgan fingerprint density at radius 1 is 1.32 bits per heavy atom. The van der Waals surface area contributed by atoms with Crippen LogP contribution in [0.1, 0.15) is 63.5 Å². The molecule has 1 fully saturated rings. The van der Waals surface area contributed by atoms with E-state index in [1.54, 1.807) is 23.9 Å². The van der Waals surface area contributed by atoms with Crippen molar-refractivity contribution in [1.82, 2.24) is 15.1 Å². The number of halogens is 2. The van der Waals surface area contributed by atoms with Crippen molar-refractivity contribution in [2.24, 2.45) is 5.92 Å². The molecule has 6 heteroatoms. The van der Waals surface area contributed by atoms with Crippen LogP contribution in [0.25, 0.3) is 11.6 Å². The third kappa shape index (κ3) is 7.47. The van der Waals surface area contributed by atoms with Gasteiger partial charge in [0.25, 0.3) is 0 Å². The van der Waals surface area contributed by atoms with E-state index in [1.165, 1.54) is 0 Å². The molecule has 0 saturated heterocycles. The third-order valence-corrected chi connectivity index (χ3v) is 6.26. The number of nitrogens with zero attached hydrogens (tertiary/aromatic N) is 2. The van der Waals surface area contributed by atoms with E-state index >= 15 is 0 Å². The van der Waals surface area contributed by atoms with Crippen molar-refractivity contribution >= 4 is 34.6 Å². The molecule has 1 unspecified atom stereocenters. The van der Waals surface area contributed by atoms with Crippen molar-refractivity contribution in [3.05, 3.63) is 77.1 Å². The molecule has 0 spiro atoms. The number of hydrogen-bond donors (Lipinski definition) is 2. The van der Waals surface area contributed by atoms with E-state index in [9.17, 15) is 4.39 Å². The van der Waals surface area contributed by atoms with Crippen LogP contribution in [0, 0.1) is 17.8 Å². The first-order valence-corrected chi connectivity index (χ1v) is 13.4. The number of alkyl halides is 1. The van der Waals surface area contributed by atoms with Crippen LogP contribution in [-0.4, -0.2) is 30.0 Å². The van der Waals surface area contributed by atoms with Gasteiger partial charge in [-0.15, -0.1) is 0 Å². The van der Waals surface area contributed by atoms with E-state index in [0.29, 0.717) is 28.9 Å². The van der Waals surface area contributed by atoms with E-state index in [4.69, 9.17) is 16.7 Å². The van der Waals surface area contributed by atoms with Crippen LogP contribution >= 0.6 is 11.6 Å². The van der Waals surface area contributed by atoms with Crippen molar-refractivity contribution in [2.75, 3.05) is 25.6 Å². The number of rotatable bonds is 11. The normalized spacial score (nSPS) is 14.1. The highest BCUT2D eigenvalue weighted by Crippen LogP contribution is 2.37. The van der Waals surface area contributed by atoms with Gasteiger partial charge in [-0.25, -0.2) is 4.39 Å². The van der Waals surface area contributed by atoms with Gasteiger partial charge in [-0.05, 0) is 57.0 Å². The lowest BCUT2D eigenvalue weighted by Crippen LogP contribution is -2.25. The monoisotopic (exact) mass is 522 g/mol. The first-order chi connectivity index (χ1) is 18.0. The van der Waals surface area contributed by atoms with Crippen LogP contribution in [0.5, 0.6) is 0 Å². The maximum absolute atomic E-state index is 14.1. The standard InChI is InChI=1S/C29H34ClFN4.C2H6/c1-6-11-24(21(7-2)17-16-20-14-15-20)28-29(33-26-13-10-12-25(30)23(26)8-3)27(9-4)35(34-28)22(18-31)19-32-5;1-2/h6-7,9-13,20,22,32-33H,2,4,8,14-15,18-19H2,1,3,5H3;1-2H3/b11-6-,24-21-;. The molecule has 2 aromatic rings. The molecular formula is C31H40ClFN4. The van der Waals surface area contributed by atoms with Gasteiger partial charge in [0.05, 0.1) is 17.4 Å². The lowest BCUT2D eigenvalue weighted by atomic mass is 10.0. The first kappa shape index (κ1) is 30.2. The average Bonchev–Trinajstić information content (AvgIpc) is 3.68. The number of allylic oxidation sites excluding steroid dienone is 5. The van der Waals surface area contributed by atoms with Crippen molar-refractivity contribution < 1.29 is 4.39 Å². The highest BCUT2D eigenvalue weighted by molar-refractivity contribution is 6.31. The Balaban J connectivity index is 0.00000235. The van der Waals surface area contributed by atoms with E-state index in [0.717, 1.165) is 47.3 Å². The summed E-state index contributed by atoms with van der Waals surface area (Å²) >= 11 is 6.50. The van der Waals surface area contributed by atoms with E-state index in [1.807, 2.05) is 51.1 Å². The number of benzene rings is 1. The molecule has 2 N–H and O–H groups in total. The molecule has 1 atom stereocenters. The number of aromatic nitrogens is 2. The Morgan fingerprint density at radius 3 is 2.59 bits per heavy atom. The van der Waals surface area contributed by atoms with Gasteiger partial charge in [0.2, 0.25) is 0 Å². The summed E-state index contributed by atoms with van der Waals surface area (Å²) < 4.78 is 15.8. The molecule has 198 valence electrons. The highest BCUT2D eigenvalue weighted by Gasteiger charge is 2.25. The van der Waals surface area contributed by atoms with E-state index < -0.39 is 12.7 Å². The molecule has 1 aromatic carbocycles. The van der Waals surface area contributed by atoms with Crippen LogP contribution in [0.4, 0.5) is 15.8 Å². The predicted molar refractivity (Wildman–Crippen MR) is 159 cm³/mol. The smallest absolute Gasteiger partial charge is 0.118 e. The molecule has 0 bridgehead atoms. The number of nitrogens with one attached hydrogen (secondary N) is 2. The van der Waals surface area contributed by atoms with Gasteiger partial charge < -0.3 is 10.6 Å². The van der Waals surface area contributed by atoms with Gasteiger partial charge in [-0.1, -0.05) is 81.7 Å². The predicted octanol–water partition coefficient (Wildman–Crippen LogP) is 8.17. The molecule has 0 aliphatic heterocycles. The van der Waals surface area contributed by atoms with Crippen molar-refractivity contribution in [2.45, 2.75) is 53.0 Å². The van der Waals surface area contributed by atoms with Crippen molar-refractivity contribution in [3.8, 4) is 11.8 Å². The minimum atomic E-state index is -0.571. The fourth-order valence-electron chi connectivity index (χ4n) is 3.94. The minimum absolute atomic E-state index is 0.424. The number of likely N-dealkylation sites (N-methyl/N-ethyl adjacent to an activating group) is 1. The Hall–Kier alpha value is -3.07. The zero-order valence-electron chi connectivity index (χ0n) is 22.8. The summed E-state index contributed by atoms with van der Waals surface area (Å²) in [5.74, 6) is 7.07. The van der Waals surface area contributed by atoms with Gasteiger partial charge in [0.1, 0.15) is 12.4 Å². The second-order valence-electron chi connectivity index (χ2n) is 8.44. The van der Waals surface area contributed by atoms with E-state index in [-0.39, 0.29) is 0 Å². The van der Waals surface area contributed by atoms with Crippen LogP contribution in [0.15, 0.2) is 55.2 Å². The third-order valence-electron chi connectivity index (χ3n) is 5.91. The van der Waals surface area contributed by atoms with Gasteiger partial charge in [-0.2, -0.15) is 5.10 Å². The SMILES string of the molecule is C=C/C(C#CC1CC1)=C(\C=C/C)c1nn(C(CF)CNC)c(C=C)c1Nc1cccc(Cl)c1CC.CC. The zero-order valence-corrected chi connectivity index (χ0v) is 23.6. The summed E-state index contributed by atoms with van der Waals surface area (Å²) in [5, 5.41) is 12.2. The molecule has 3 rings (SSSR count). The van der Waals surface area contributed by atoms with Gasteiger partial charge in [0, 0.05) is 34.3 Å². The molecule has 1 heterocycles. The molecule has 0 amide bonds. The van der Waals surface area contributed by atoms with Crippen LogP contribution < -0.4 is 10.6 Å². The lowest BCUT2D eigenvalue weighted by molar-refractivity contribution is 0.327. The first-order valence-electron chi connectivity index (χ1n) is 13.0. The highest BCUT2D eigenvalue weighted by atomic mass is 35.5. The van der Waals surface area contributed by atoms with Gasteiger partial charge >= 0.3 is 0 Å². The zero-order chi connectivity index (χ0) is 27.4. The summed E-state index contributed by atoms with van der Waals surface area (Å²) in [5.41, 5.74) is 5.56. The van der Waals surface area contributed by atoms with Gasteiger partial charge in [0.15, 0.2) is 0 Å². The number of anilines is 2. The fourth-order valence-corrected chi connectivity index (χ4v) is 4.25. The van der Waals surface area contributed by atoms with Gasteiger partial charge in [-0.3, -0.25) is 4.68 Å². The second-order valence-corrected chi connectivity index (χ2v) is 8.85. The summed E-state index contributed by atoms with van der Waals surface area (Å²) in [7, 11) is 1.80. The Bertz CT molecular complexity index is 1190. The topological polar surface area (TPSA) is 41.9 Å². The summed E-state index contributed by atoms with van der Waals surface area (Å²) in [4.78, 5) is 0. The van der Waals surface area contributed by atoms with Crippen LogP contribution in [0.2, 0.25) is 5.02 Å². The maximum Gasteiger partial charge on any atom is 0.118 e. The van der Waals surface area contributed by atoms with Crippen LogP contribution in [0.3, 0.4) is 0 Å². The summed E-state index contributed by atoms with van der Waals surface area (Å²) in [6, 6.07) is 5.28. The van der Waals surface area contributed by atoms with E-state index in [2.05, 4.69) is 42.6 Å². The fraction of sp³-hybridized carbons (Fsp3) is 0.387. The minimum Gasteiger partial charge on any atom is -0.352 e. The molecule has 37 heavy (non-hydrogen) atoms. The van der Waals surface area contributed by atoms with Crippen molar-refractivity contribution in [1.29, 1.82) is 0 Å². The summed E-state index contributed by atoms with van der Waals surface area (Å²) in [6.45, 7) is 15.9. The molecule has 1 aliphatic carbocycles. The van der Waals surface area contributed by atoms with Crippen LogP contribution in [-0.2, 0) is 6.42 Å². The molecular weight excluding hydrogens is 483 g/mol. The van der Waals surface area contributed by atoms with Crippen molar-refractivity contribution in [3.63, 3.8) is 0 Å². The molecule has 1 aliphatic rings. The Morgan fingerprint density at radius 2 is 2.05 bits per heavy atom.